The monoisotopic (exact) mass is 279 g/mol. The van der Waals surface area contributed by atoms with Gasteiger partial charge in [-0.05, 0) is 25.0 Å². The number of hydrogen-bond donors (Lipinski definition) is 3. The second kappa shape index (κ2) is 5.22. The van der Waals surface area contributed by atoms with Crippen molar-refractivity contribution in [1.82, 2.24) is 4.90 Å². The summed E-state index contributed by atoms with van der Waals surface area (Å²) < 4.78 is 0. The SMILES string of the molecule is Cc1ccc(C)c(C(=O)N2C[C@@H](O)[C@@H](O)C2)c1C(=O)O. The predicted molar refractivity (Wildman–Crippen MR) is 70.8 cm³/mol. The summed E-state index contributed by atoms with van der Waals surface area (Å²) >= 11 is 0. The maximum atomic E-state index is 12.5. The van der Waals surface area contributed by atoms with E-state index in [2.05, 4.69) is 0 Å². The Kier molecular flexibility index (Phi) is 3.78. The second-order valence-corrected chi connectivity index (χ2v) is 5.10. The fourth-order valence-corrected chi connectivity index (χ4v) is 2.46. The molecule has 1 aromatic rings. The van der Waals surface area contributed by atoms with Crippen molar-refractivity contribution in [1.29, 1.82) is 0 Å². The quantitative estimate of drug-likeness (QED) is 0.717. The molecule has 1 amide bonds. The van der Waals surface area contributed by atoms with Crippen LogP contribution < -0.4 is 0 Å². The van der Waals surface area contributed by atoms with Crippen LogP contribution in [0, 0.1) is 13.8 Å². The van der Waals surface area contributed by atoms with Gasteiger partial charge in [-0.1, -0.05) is 12.1 Å². The zero-order valence-electron chi connectivity index (χ0n) is 11.3. The van der Waals surface area contributed by atoms with Gasteiger partial charge >= 0.3 is 5.97 Å². The van der Waals surface area contributed by atoms with Crippen LogP contribution in [0.4, 0.5) is 0 Å². The van der Waals surface area contributed by atoms with Gasteiger partial charge in [0.1, 0.15) is 0 Å². The van der Waals surface area contributed by atoms with Crippen LogP contribution in [0.5, 0.6) is 0 Å². The van der Waals surface area contributed by atoms with Gasteiger partial charge in [0, 0.05) is 13.1 Å². The van der Waals surface area contributed by atoms with Crippen LogP contribution in [0.1, 0.15) is 31.8 Å². The molecular weight excluding hydrogens is 262 g/mol. The molecule has 2 rings (SSSR count). The first kappa shape index (κ1) is 14.5. The normalized spacial score (nSPS) is 22.1. The van der Waals surface area contributed by atoms with E-state index in [-0.39, 0.29) is 24.2 Å². The van der Waals surface area contributed by atoms with Gasteiger partial charge < -0.3 is 20.2 Å². The van der Waals surface area contributed by atoms with Crippen LogP contribution in [0.2, 0.25) is 0 Å². The van der Waals surface area contributed by atoms with Gasteiger partial charge in [0.25, 0.3) is 5.91 Å². The van der Waals surface area contributed by atoms with Crippen molar-refractivity contribution in [2.24, 2.45) is 0 Å². The highest BCUT2D eigenvalue weighted by molar-refractivity contribution is 6.06. The number of carbonyl (C=O) groups excluding carboxylic acids is 1. The highest BCUT2D eigenvalue weighted by Gasteiger charge is 2.35. The summed E-state index contributed by atoms with van der Waals surface area (Å²) in [5.41, 5.74) is 1.17. The zero-order chi connectivity index (χ0) is 15.0. The number of carboxylic acid groups (broad SMARTS) is 1. The van der Waals surface area contributed by atoms with E-state index < -0.39 is 24.1 Å². The fourth-order valence-electron chi connectivity index (χ4n) is 2.46. The third-order valence-electron chi connectivity index (χ3n) is 3.60. The third kappa shape index (κ3) is 2.39. The molecule has 20 heavy (non-hydrogen) atoms. The van der Waals surface area contributed by atoms with Gasteiger partial charge in [-0.3, -0.25) is 4.79 Å². The number of carboxylic acids is 1. The summed E-state index contributed by atoms with van der Waals surface area (Å²) in [5.74, 6) is -1.63. The molecule has 6 nitrogen and oxygen atoms in total. The van der Waals surface area contributed by atoms with Crippen molar-refractivity contribution in [2.45, 2.75) is 26.1 Å². The molecule has 0 aliphatic carbocycles. The molecule has 1 aromatic carbocycles. The Morgan fingerprint density at radius 2 is 1.50 bits per heavy atom. The van der Waals surface area contributed by atoms with Gasteiger partial charge in [0.15, 0.2) is 0 Å². The number of aromatic carboxylic acids is 1. The summed E-state index contributed by atoms with van der Waals surface area (Å²) in [5, 5.41) is 28.3. The van der Waals surface area contributed by atoms with E-state index in [0.29, 0.717) is 11.1 Å². The number of rotatable bonds is 2. The van der Waals surface area contributed by atoms with E-state index in [1.54, 1.807) is 26.0 Å². The van der Waals surface area contributed by atoms with E-state index in [9.17, 15) is 24.9 Å². The summed E-state index contributed by atoms with van der Waals surface area (Å²) in [6.45, 7) is 3.31. The molecule has 1 aliphatic heterocycles. The zero-order valence-corrected chi connectivity index (χ0v) is 11.3. The molecule has 1 saturated heterocycles. The Balaban J connectivity index is 2.45. The molecule has 0 bridgehead atoms. The molecule has 0 unspecified atom stereocenters. The van der Waals surface area contributed by atoms with Crippen LogP contribution >= 0.6 is 0 Å². The molecule has 0 spiro atoms. The maximum absolute atomic E-state index is 12.5. The molecule has 108 valence electrons. The topological polar surface area (TPSA) is 98.1 Å². The van der Waals surface area contributed by atoms with E-state index >= 15 is 0 Å². The number of nitrogens with zero attached hydrogens (tertiary/aromatic N) is 1. The van der Waals surface area contributed by atoms with Crippen LogP contribution in [0.15, 0.2) is 12.1 Å². The molecule has 1 fully saturated rings. The number of β-amino-alcohol motifs (C(OH)–C–C–N with tert-alkyl or cyclic N) is 2. The van der Waals surface area contributed by atoms with E-state index in [0.717, 1.165) is 0 Å². The number of likely N-dealkylation sites (tertiary alicyclic amines) is 1. The average molecular weight is 279 g/mol. The van der Waals surface area contributed by atoms with Crippen molar-refractivity contribution in [3.05, 3.63) is 34.4 Å². The Hall–Kier alpha value is -1.92. The number of aryl methyl sites for hydroxylation is 2. The molecule has 6 heteroatoms. The second-order valence-electron chi connectivity index (χ2n) is 5.10. The molecule has 2 atom stereocenters. The highest BCUT2D eigenvalue weighted by atomic mass is 16.4. The van der Waals surface area contributed by atoms with Gasteiger partial charge in [-0.15, -0.1) is 0 Å². The largest absolute Gasteiger partial charge is 0.478 e. The summed E-state index contributed by atoms with van der Waals surface area (Å²) in [7, 11) is 0. The minimum atomic E-state index is -1.16. The highest BCUT2D eigenvalue weighted by Crippen LogP contribution is 2.23. The Labute approximate surface area is 116 Å². The number of carbonyl (C=O) groups is 2. The average Bonchev–Trinajstić information content (AvgIpc) is 2.71. The lowest BCUT2D eigenvalue weighted by molar-refractivity contribution is 0.0572. The van der Waals surface area contributed by atoms with Crippen LogP contribution in [-0.4, -0.2) is 57.4 Å². The first-order valence-corrected chi connectivity index (χ1v) is 6.31. The number of aliphatic hydroxyl groups is 2. The summed E-state index contributed by atoms with van der Waals surface area (Å²) in [4.78, 5) is 25.1. The molecule has 3 N–H and O–H groups in total. The van der Waals surface area contributed by atoms with Crippen molar-refractivity contribution < 1.29 is 24.9 Å². The lowest BCUT2D eigenvalue weighted by Gasteiger charge is -2.19. The van der Waals surface area contributed by atoms with Gasteiger partial charge in [-0.2, -0.15) is 0 Å². The number of benzene rings is 1. The minimum absolute atomic E-state index is 0.00639. The molecule has 0 radical (unpaired) electrons. The van der Waals surface area contributed by atoms with Crippen molar-refractivity contribution >= 4 is 11.9 Å². The molecule has 1 aliphatic rings. The van der Waals surface area contributed by atoms with Gasteiger partial charge in [-0.25, -0.2) is 4.79 Å². The van der Waals surface area contributed by atoms with Crippen molar-refractivity contribution in [2.75, 3.05) is 13.1 Å². The van der Waals surface area contributed by atoms with Crippen LogP contribution in [0.25, 0.3) is 0 Å². The fraction of sp³-hybridized carbons (Fsp3) is 0.429. The van der Waals surface area contributed by atoms with E-state index in [4.69, 9.17) is 0 Å². The molecule has 0 saturated carbocycles. The molecule has 0 aromatic heterocycles. The number of aliphatic hydroxyl groups excluding tert-OH is 2. The van der Waals surface area contributed by atoms with Crippen molar-refractivity contribution in [3.8, 4) is 0 Å². The third-order valence-corrected chi connectivity index (χ3v) is 3.60. The summed E-state index contributed by atoms with van der Waals surface area (Å²) in [6, 6.07) is 3.35. The Morgan fingerprint density at radius 1 is 1.05 bits per heavy atom. The maximum Gasteiger partial charge on any atom is 0.336 e. The number of hydrogen-bond acceptors (Lipinski definition) is 4. The first-order chi connectivity index (χ1) is 9.32. The van der Waals surface area contributed by atoms with Crippen LogP contribution in [0.3, 0.4) is 0 Å². The smallest absolute Gasteiger partial charge is 0.336 e. The van der Waals surface area contributed by atoms with Crippen molar-refractivity contribution in [3.63, 3.8) is 0 Å². The molecule has 1 heterocycles. The number of amides is 1. The lowest BCUT2D eigenvalue weighted by atomic mass is 9.96. The predicted octanol–water partition coefficient (Wildman–Crippen LogP) is 0.179. The van der Waals surface area contributed by atoms with E-state index in [1.807, 2.05) is 0 Å². The van der Waals surface area contributed by atoms with Gasteiger partial charge in [0.05, 0.1) is 23.3 Å². The minimum Gasteiger partial charge on any atom is -0.478 e. The van der Waals surface area contributed by atoms with E-state index in [1.165, 1.54) is 4.90 Å². The Morgan fingerprint density at radius 3 is 1.95 bits per heavy atom. The summed E-state index contributed by atoms with van der Waals surface area (Å²) in [6.07, 6.45) is -1.98. The standard InChI is InChI=1S/C14H17NO5/c1-7-3-4-8(2)12(14(19)20)11(7)13(18)15-5-9(16)10(17)6-15/h3-4,9-10,16-17H,5-6H2,1-2H3,(H,19,20)/t9-,10+. The van der Waals surface area contributed by atoms with Gasteiger partial charge in [0.2, 0.25) is 0 Å². The first-order valence-electron chi connectivity index (χ1n) is 6.31. The molecular formula is C14H17NO5. The van der Waals surface area contributed by atoms with Crippen LogP contribution in [-0.2, 0) is 0 Å². The Bertz CT molecular complexity index is 559. The lowest BCUT2D eigenvalue weighted by Crippen LogP contribution is -2.32.